The summed E-state index contributed by atoms with van der Waals surface area (Å²) in [6.45, 7) is 7.26. The second-order valence-corrected chi connectivity index (χ2v) is 3.98. The summed E-state index contributed by atoms with van der Waals surface area (Å²) in [5.41, 5.74) is 0.434. The lowest BCUT2D eigenvalue weighted by Gasteiger charge is -2.10. The van der Waals surface area contributed by atoms with Gasteiger partial charge in [0.25, 0.3) is 0 Å². The highest BCUT2D eigenvalue weighted by molar-refractivity contribution is 7.99. The molecular formula is C14H14O3S. The van der Waals surface area contributed by atoms with Crippen LogP contribution >= 0.6 is 12.0 Å². The number of hydrogen-bond acceptors (Lipinski definition) is 4. The minimum absolute atomic E-state index is 0.400. The molecule has 0 saturated heterocycles. The van der Waals surface area contributed by atoms with Crippen molar-refractivity contribution >= 4 is 18.3 Å². The molecule has 3 nitrogen and oxygen atoms in total. The Hall–Kier alpha value is -1.94. The van der Waals surface area contributed by atoms with Gasteiger partial charge in [0.1, 0.15) is 0 Å². The van der Waals surface area contributed by atoms with Gasteiger partial charge in [0.15, 0.2) is 17.8 Å². The normalized spacial score (nSPS) is 10.6. The van der Waals surface area contributed by atoms with Crippen molar-refractivity contribution in [2.75, 3.05) is 7.11 Å². The molecule has 0 unspecified atom stereocenters. The lowest BCUT2D eigenvalue weighted by atomic mass is 10.2. The van der Waals surface area contributed by atoms with Crippen LogP contribution in [0.1, 0.15) is 10.4 Å². The summed E-state index contributed by atoms with van der Waals surface area (Å²) in [7, 11) is 1.52. The number of para-hydroxylation sites is 1. The van der Waals surface area contributed by atoms with Gasteiger partial charge in [-0.2, -0.15) is 0 Å². The van der Waals surface area contributed by atoms with E-state index in [9.17, 15) is 4.79 Å². The summed E-state index contributed by atoms with van der Waals surface area (Å²) >= 11 is 1.09. The Bertz CT molecular complexity index is 478. The third-order valence-electron chi connectivity index (χ3n) is 2.06. The Morgan fingerprint density at radius 1 is 1.39 bits per heavy atom. The summed E-state index contributed by atoms with van der Waals surface area (Å²) in [4.78, 5) is 11.7. The average Bonchev–Trinajstić information content (AvgIpc) is 2.42. The first kappa shape index (κ1) is 14.1. The molecule has 18 heavy (non-hydrogen) atoms. The molecule has 0 amide bonds. The van der Waals surface area contributed by atoms with Crippen molar-refractivity contribution in [3.63, 3.8) is 0 Å². The molecule has 0 aliphatic heterocycles. The molecule has 1 aromatic rings. The van der Waals surface area contributed by atoms with Crippen LogP contribution in [-0.4, -0.2) is 13.4 Å². The van der Waals surface area contributed by atoms with Gasteiger partial charge in [-0.05, 0) is 18.2 Å². The monoisotopic (exact) mass is 262 g/mol. The summed E-state index contributed by atoms with van der Waals surface area (Å²) in [5, 5.41) is 0. The highest BCUT2D eigenvalue weighted by atomic mass is 32.2. The Balaban J connectivity index is 2.95. The van der Waals surface area contributed by atoms with Crippen LogP contribution in [0.25, 0.3) is 0 Å². The van der Waals surface area contributed by atoms with Gasteiger partial charge in [0, 0.05) is 4.91 Å². The van der Waals surface area contributed by atoms with E-state index >= 15 is 0 Å². The Kier molecular flexibility index (Phi) is 5.80. The molecule has 0 aromatic heterocycles. The first-order chi connectivity index (χ1) is 8.76. The first-order valence-corrected chi connectivity index (χ1v) is 5.92. The highest BCUT2D eigenvalue weighted by Crippen LogP contribution is 2.34. The van der Waals surface area contributed by atoms with Crippen LogP contribution in [0.3, 0.4) is 0 Å². The second-order valence-electron chi connectivity index (χ2n) is 3.17. The van der Waals surface area contributed by atoms with E-state index in [-0.39, 0.29) is 0 Å². The molecule has 0 saturated carbocycles. The van der Waals surface area contributed by atoms with E-state index in [0.29, 0.717) is 17.1 Å². The lowest BCUT2D eigenvalue weighted by molar-refractivity contribution is 0.112. The topological polar surface area (TPSA) is 35.5 Å². The van der Waals surface area contributed by atoms with E-state index in [2.05, 4.69) is 13.2 Å². The number of rotatable bonds is 7. The van der Waals surface area contributed by atoms with Gasteiger partial charge in [0.2, 0.25) is 0 Å². The molecule has 0 N–H and O–H groups in total. The summed E-state index contributed by atoms with van der Waals surface area (Å²) in [6, 6.07) is 5.12. The van der Waals surface area contributed by atoms with Gasteiger partial charge in [-0.25, -0.2) is 0 Å². The van der Waals surface area contributed by atoms with E-state index in [0.717, 1.165) is 23.2 Å². The minimum Gasteiger partial charge on any atom is -0.493 e. The van der Waals surface area contributed by atoms with Crippen LogP contribution in [0.4, 0.5) is 0 Å². The largest absolute Gasteiger partial charge is 0.493 e. The van der Waals surface area contributed by atoms with Crippen molar-refractivity contribution < 1.29 is 13.7 Å². The summed E-state index contributed by atoms with van der Waals surface area (Å²) < 4.78 is 10.7. The summed E-state index contributed by atoms with van der Waals surface area (Å²) in [6.07, 6.45) is 5.76. The molecular weight excluding hydrogens is 248 g/mol. The van der Waals surface area contributed by atoms with Crippen molar-refractivity contribution in [1.82, 2.24) is 0 Å². The molecule has 0 heterocycles. The number of ether oxygens (including phenoxy) is 1. The zero-order valence-corrected chi connectivity index (χ0v) is 10.9. The third kappa shape index (κ3) is 3.53. The van der Waals surface area contributed by atoms with Crippen molar-refractivity contribution in [2.24, 2.45) is 0 Å². The van der Waals surface area contributed by atoms with E-state index < -0.39 is 0 Å². The Labute approximate surface area is 111 Å². The number of allylic oxidation sites excluding steroid dienone is 3. The number of benzene rings is 1. The van der Waals surface area contributed by atoms with E-state index in [1.807, 2.05) is 0 Å². The van der Waals surface area contributed by atoms with E-state index in [1.165, 1.54) is 7.11 Å². The molecule has 4 heteroatoms. The Morgan fingerprint density at radius 3 is 2.72 bits per heavy atom. The first-order valence-electron chi connectivity index (χ1n) is 5.18. The third-order valence-corrected chi connectivity index (χ3v) is 2.81. The number of hydrogen-bond donors (Lipinski definition) is 0. The lowest BCUT2D eigenvalue weighted by Crippen LogP contribution is -1.94. The highest BCUT2D eigenvalue weighted by Gasteiger charge is 2.11. The van der Waals surface area contributed by atoms with Crippen LogP contribution in [0.2, 0.25) is 0 Å². The molecule has 0 bridgehead atoms. The molecule has 1 aromatic carbocycles. The maximum Gasteiger partial charge on any atom is 0.190 e. The fourth-order valence-electron chi connectivity index (χ4n) is 1.21. The van der Waals surface area contributed by atoms with Crippen LogP contribution in [0.15, 0.2) is 54.5 Å². The number of carbonyl (C=O) groups is 1. The average molecular weight is 262 g/mol. The standard InChI is InChI=1S/C14H14O3S/c1-4-7-12(5-2)18-17-14-11(10-15)8-6-9-13(14)16-3/h4-10H,1-2H2,3H3/b12-7+. The van der Waals surface area contributed by atoms with Crippen molar-refractivity contribution in [2.45, 2.75) is 0 Å². The second kappa shape index (κ2) is 7.40. The van der Waals surface area contributed by atoms with Gasteiger partial charge in [-0.3, -0.25) is 4.79 Å². The number of aldehydes is 1. The molecule has 0 aliphatic rings. The SMILES string of the molecule is C=C/C=C(\C=C)SOc1c(C=O)cccc1OC. The van der Waals surface area contributed by atoms with E-state index in [4.69, 9.17) is 8.92 Å². The predicted molar refractivity (Wildman–Crippen MR) is 75.1 cm³/mol. The molecule has 0 spiro atoms. The predicted octanol–water partition coefficient (Wildman–Crippen LogP) is 3.79. The van der Waals surface area contributed by atoms with Crippen molar-refractivity contribution in [3.05, 3.63) is 60.1 Å². The maximum atomic E-state index is 10.9. The molecule has 1 rings (SSSR count). The molecule has 0 aliphatic carbocycles. The number of carbonyl (C=O) groups excluding carboxylic acids is 1. The fourth-order valence-corrected chi connectivity index (χ4v) is 1.79. The smallest absolute Gasteiger partial charge is 0.190 e. The number of methoxy groups -OCH3 is 1. The van der Waals surface area contributed by atoms with Gasteiger partial charge in [-0.1, -0.05) is 31.4 Å². The van der Waals surface area contributed by atoms with Crippen LogP contribution in [0.5, 0.6) is 11.5 Å². The van der Waals surface area contributed by atoms with Crippen molar-refractivity contribution in [1.29, 1.82) is 0 Å². The summed E-state index contributed by atoms with van der Waals surface area (Å²) in [5.74, 6) is 0.908. The van der Waals surface area contributed by atoms with E-state index in [1.54, 1.807) is 36.4 Å². The zero-order valence-electron chi connectivity index (χ0n) is 10.1. The minimum atomic E-state index is 0.400. The van der Waals surface area contributed by atoms with Crippen LogP contribution < -0.4 is 8.92 Å². The van der Waals surface area contributed by atoms with Gasteiger partial charge in [0.05, 0.1) is 24.7 Å². The fraction of sp³-hybridized carbons (Fsp3) is 0.0714. The van der Waals surface area contributed by atoms with Crippen LogP contribution in [-0.2, 0) is 0 Å². The molecule has 0 fully saturated rings. The quantitative estimate of drug-likeness (QED) is 0.425. The van der Waals surface area contributed by atoms with Crippen molar-refractivity contribution in [3.8, 4) is 11.5 Å². The molecule has 94 valence electrons. The Morgan fingerprint density at radius 2 is 2.17 bits per heavy atom. The van der Waals surface area contributed by atoms with Gasteiger partial charge < -0.3 is 8.92 Å². The maximum absolute atomic E-state index is 10.9. The zero-order chi connectivity index (χ0) is 13.4. The van der Waals surface area contributed by atoms with Gasteiger partial charge in [-0.15, -0.1) is 0 Å². The molecule has 0 atom stereocenters. The van der Waals surface area contributed by atoms with Crippen LogP contribution in [0, 0.1) is 0 Å². The molecule has 0 radical (unpaired) electrons. The van der Waals surface area contributed by atoms with Gasteiger partial charge >= 0.3 is 0 Å².